The maximum Gasteiger partial charge on any atom is 0.573 e. The van der Waals surface area contributed by atoms with Crippen LogP contribution in [0.1, 0.15) is 11.1 Å². The molecular weight excluding hydrogens is 439 g/mol. The Labute approximate surface area is 185 Å². The number of aryl methyl sites for hydroxylation is 2. The van der Waals surface area contributed by atoms with E-state index in [0.717, 1.165) is 15.8 Å². The maximum atomic E-state index is 12.4. The molecule has 2 aromatic carbocycles. The molecule has 0 N–H and O–H groups in total. The van der Waals surface area contributed by atoms with E-state index in [0.29, 0.717) is 22.8 Å². The topological polar surface area (TPSA) is 84.1 Å². The fourth-order valence-electron chi connectivity index (χ4n) is 3.17. The molecule has 2 aromatic heterocycles. The SMILES string of the molecule is Cc1cccc(-n2nnn(C)c2=O)c1COc1cccc(-c2ccc(OC(F)(F)F)cc2)n1. The summed E-state index contributed by atoms with van der Waals surface area (Å²) in [4.78, 5) is 16.7. The summed E-state index contributed by atoms with van der Waals surface area (Å²) in [7, 11) is 1.51. The Morgan fingerprint density at radius 1 is 0.970 bits per heavy atom. The van der Waals surface area contributed by atoms with Crippen LogP contribution < -0.4 is 15.2 Å². The lowest BCUT2D eigenvalue weighted by molar-refractivity contribution is -0.274. The molecule has 8 nitrogen and oxygen atoms in total. The van der Waals surface area contributed by atoms with Crippen LogP contribution in [-0.4, -0.2) is 31.1 Å². The summed E-state index contributed by atoms with van der Waals surface area (Å²) in [5.41, 5.74) is 2.89. The van der Waals surface area contributed by atoms with E-state index < -0.39 is 6.36 Å². The van der Waals surface area contributed by atoms with Crippen LogP contribution in [0.5, 0.6) is 11.6 Å². The van der Waals surface area contributed by atoms with Crippen LogP contribution in [0.15, 0.2) is 65.5 Å². The summed E-state index contributed by atoms with van der Waals surface area (Å²) in [6, 6.07) is 15.9. The third kappa shape index (κ3) is 5.03. The second-order valence-electron chi connectivity index (χ2n) is 7.09. The molecule has 0 atom stereocenters. The minimum absolute atomic E-state index is 0.111. The molecule has 4 rings (SSSR count). The highest BCUT2D eigenvalue weighted by molar-refractivity contribution is 5.60. The van der Waals surface area contributed by atoms with Gasteiger partial charge in [-0.2, -0.15) is 9.36 Å². The zero-order chi connectivity index (χ0) is 23.6. The summed E-state index contributed by atoms with van der Waals surface area (Å²) in [6.07, 6.45) is -4.75. The molecule has 0 aliphatic carbocycles. The Morgan fingerprint density at radius 3 is 2.36 bits per heavy atom. The van der Waals surface area contributed by atoms with Gasteiger partial charge >= 0.3 is 12.1 Å². The van der Waals surface area contributed by atoms with Gasteiger partial charge in [-0.3, -0.25) is 0 Å². The smallest absolute Gasteiger partial charge is 0.473 e. The van der Waals surface area contributed by atoms with Gasteiger partial charge in [-0.05, 0) is 59.3 Å². The van der Waals surface area contributed by atoms with Crippen molar-refractivity contribution in [1.82, 2.24) is 24.8 Å². The molecule has 33 heavy (non-hydrogen) atoms. The molecule has 0 aliphatic rings. The fraction of sp³-hybridized carbons (Fsp3) is 0.182. The number of rotatable bonds is 6. The Bertz CT molecular complexity index is 1330. The number of halogens is 3. The van der Waals surface area contributed by atoms with Gasteiger partial charge in [0.25, 0.3) is 0 Å². The lowest BCUT2D eigenvalue weighted by Gasteiger charge is -2.13. The number of tetrazole rings is 1. The van der Waals surface area contributed by atoms with Gasteiger partial charge in [-0.25, -0.2) is 9.78 Å². The number of alkyl halides is 3. The molecule has 2 heterocycles. The van der Waals surface area contributed by atoms with E-state index in [4.69, 9.17) is 4.74 Å². The first kappa shape index (κ1) is 22.1. The normalized spacial score (nSPS) is 11.4. The average molecular weight is 457 g/mol. The van der Waals surface area contributed by atoms with Crippen molar-refractivity contribution in [2.45, 2.75) is 19.9 Å². The van der Waals surface area contributed by atoms with Crippen LogP contribution in [-0.2, 0) is 13.7 Å². The predicted molar refractivity (Wildman–Crippen MR) is 112 cm³/mol. The lowest BCUT2D eigenvalue weighted by atomic mass is 10.1. The van der Waals surface area contributed by atoms with Crippen LogP contribution in [0.2, 0.25) is 0 Å². The molecule has 0 spiro atoms. The highest BCUT2D eigenvalue weighted by Gasteiger charge is 2.31. The van der Waals surface area contributed by atoms with E-state index in [1.807, 2.05) is 13.0 Å². The van der Waals surface area contributed by atoms with Gasteiger partial charge in [0.05, 0.1) is 11.4 Å². The van der Waals surface area contributed by atoms with E-state index in [9.17, 15) is 18.0 Å². The van der Waals surface area contributed by atoms with Crippen LogP contribution in [0.3, 0.4) is 0 Å². The van der Waals surface area contributed by atoms with Crippen LogP contribution in [0.4, 0.5) is 13.2 Å². The molecule has 0 bridgehead atoms. The molecule has 11 heteroatoms. The first-order valence-corrected chi connectivity index (χ1v) is 9.75. The number of pyridine rings is 1. The number of hydrogen-bond donors (Lipinski definition) is 0. The molecular formula is C22H18F3N5O3. The van der Waals surface area contributed by atoms with E-state index in [1.54, 1.807) is 30.3 Å². The fourth-order valence-corrected chi connectivity index (χ4v) is 3.17. The third-order valence-electron chi connectivity index (χ3n) is 4.81. The van der Waals surface area contributed by atoms with Crippen molar-refractivity contribution in [3.63, 3.8) is 0 Å². The van der Waals surface area contributed by atoms with E-state index in [2.05, 4.69) is 20.1 Å². The molecule has 0 saturated carbocycles. The monoisotopic (exact) mass is 457 g/mol. The average Bonchev–Trinajstić information content (AvgIpc) is 3.10. The number of nitrogens with zero attached hydrogens (tertiary/aromatic N) is 5. The van der Waals surface area contributed by atoms with Crippen molar-refractivity contribution in [2.75, 3.05) is 0 Å². The van der Waals surface area contributed by atoms with Crippen molar-refractivity contribution >= 4 is 0 Å². The van der Waals surface area contributed by atoms with Gasteiger partial charge in [0.15, 0.2) is 0 Å². The first-order valence-electron chi connectivity index (χ1n) is 9.75. The van der Waals surface area contributed by atoms with Crippen LogP contribution in [0, 0.1) is 6.92 Å². The van der Waals surface area contributed by atoms with Gasteiger partial charge in [-0.15, -0.1) is 13.2 Å². The molecule has 0 aliphatic heterocycles. The van der Waals surface area contributed by atoms with Crippen molar-refractivity contribution in [3.05, 3.63) is 82.3 Å². The van der Waals surface area contributed by atoms with Crippen molar-refractivity contribution in [2.24, 2.45) is 7.05 Å². The number of benzene rings is 2. The summed E-state index contributed by atoms with van der Waals surface area (Å²) < 4.78 is 49.2. The minimum atomic E-state index is -4.75. The molecule has 4 aromatic rings. The molecule has 170 valence electrons. The van der Waals surface area contributed by atoms with Gasteiger partial charge in [0, 0.05) is 24.2 Å². The van der Waals surface area contributed by atoms with E-state index in [-0.39, 0.29) is 18.0 Å². The predicted octanol–water partition coefficient (Wildman–Crippen LogP) is 3.81. The molecule has 0 saturated heterocycles. The van der Waals surface area contributed by atoms with Crippen molar-refractivity contribution in [1.29, 1.82) is 0 Å². The second-order valence-corrected chi connectivity index (χ2v) is 7.09. The van der Waals surface area contributed by atoms with Crippen LogP contribution >= 0.6 is 0 Å². The molecule has 0 fully saturated rings. The standard InChI is InChI=1S/C22H18F3N5O3/c1-14-5-3-7-19(30-21(31)29(2)27-28-30)17(14)13-32-20-8-4-6-18(26-20)15-9-11-16(12-10-15)33-22(23,24)25/h3-12H,13H2,1-2H3. The molecule has 0 unspecified atom stereocenters. The lowest BCUT2D eigenvalue weighted by Crippen LogP contribution is -2.23. The Kier molecular flexibility index (Phi) is 5.86. The van der Waals surface area contributed by atoms with Gasteiger partial charge in [0.2, 0.25) is 5.88 Å². The van der Waals surface area contributed by atoms with E-state index >= 15 is 0 Å². The Hall–Kier alpha value is -4.15. The highest BCUT2D eigenvalue weighted by atomic mass is 19.4. The highest BCUT2D eigenvalue weighted by Crippen LogP contribution is 2.27. The largest absolute Gasteiger partial charge is 0.573 e. The summed E-state index contributed by atoms with van der Waals surface area (Å²) in [5, 5.41) is 7.64. The summed E-state index contributed by atoms with van der Waals surface area (Å²) in [6.45, 7) is 2.00. The summed E-state index contributed by atoms with van der Waals surface area (Å²) >= 11 is 0. The maximum absolute atomic E-state index is 12.4. The first-order chi connectivity index (χ1) is 15.7. The number of aromatic nitrogens is 5. The summed E-state index contributed by atoms with van der Waals surface area (Å²) in [5.74, 6) is -0.00574. The van der Waals surface area contributed by atoms with Crippen molar-refractivity contribution in [3.8, 4) is 28.6 Å². The number of hydrogen-bond acceptors (Lipinski definition) is 6. The third-order valence-corrected chi connectivity index (χ3v) is 4.81. The number of ether oxygens (including phenoxy) is 2. The zero-order valence-electron chi connectivity index (χ0n) is 17.6. The molecule has 0 amide bonds. The molecule has 0 radical (unpaired) electrons. The van der Waals surface area contributed by atoms with Crippen molar-refractivity contribution < 1.29 is 22.6 Å². The van der Waals surface area contributed by atoms with Gasteiger partial charge in [-0.1, -0.05) is 18.2 Å². The quantitative estimate of drug-likeness (QED) is 0.438. The Balaban J connectivity index is 1.55. The van der Waals surface area contributed by atoms with Gasteiger partial charge in [0.1, 0.15) is 12.4 Å². The van der Waals surface area contributed by atoms with Gasteiger partial charge < -0.3 is 9.47 Å². The second kappa shape index (κ2) is 8.77. The van der Waals surface area contributed by atoms with E-state index in [1.165, 1.54) is 36.0 Å². The minimum Gasteiger partial charge on any atom is -0.473 e. The van der Waals surface area contributed by atoms with Crippen LogP contribution in [0.25, 0.3) is 16.9 Å². The zero-order valence-corrected chi connectivity index (χ0v) is 17.6. The Morgan fingerprint density at radius 2 is 1.70 bits per heavy atom.